The molecule has 4 nitrogen and oxygen atoms in total. The average Bonchev–Trinajstić information content (AvgIpc) is 2.49. The number of carbonyl (C=O) groups is 1. The largest absolute Gasteiger partial charge is 0.497 e. The lowest BCUT2D eigenvalue weighted by Crippen LogP contribution is -2.14. The minimum atomic E-state index is -0.202. The van der Waals surface area contributed by atoms with E-state index in [0.29, 0.717) is 22.7 Å². The normalized spacial score (nSPS) is 10.1. The number of nitrogens with one attached hydrogen (secondary N) is 1. The fourth-order valence-corrected chi connectivity index (χ4v) is 2.15. The molecule has 0 saturated heterocycles. The summed E-state index contributed by atoms with van der Waals surface area (Å²) in [5, 5.41) is 2.84. The zero-order chi connectivity index (χ0) is 15.4. The van der Waals surface area contributed by atoms with Crippen LogP contribution < -0.4 is 14.8 Å². The van der Waals surface area contributed by atoms with Crippen molar-refractivity contribution in [3.05, 3.63) is 47.5 Å². The SMILES string of the molecule is COc1ccc(NC(=O)c2cc(S)ccc2C)c(OC)c1. The highest BCUT2D eigenvalue weighted by atomic mass is 32.1. The van der Waals surface area contributed by atoms with Gasteiger partial charge in [0.15, 0.2) is 0 Å². The topological polar surface area (TPSA) is 47.6 Å². The Hall–Kier alpha value is -2.14. The fourth-order valence-electron chi connectivity index (χ4n) is 1.95. The van der Waals surface area contributed by atoms with Crippen molar-refractivity contribution in [2.24, 2.45) is 0 Å². The summed E-state index contributed by atoms with van der Waals surface area (Å²) in [7, 11) is 3.12. The molecule has 0 saturated carbocycles. The monoisotopic (exact) mass is 303 g/mol. The van der Waals surface area contributed by atoms with Gasteiger partial charge in [0.25, 0.3) is 5.91 Å². The van der Waals surface area contributed by atoms with E-state index in [1.165, 1.54) is 0 Å². The van der Waals surface area contributed by atoms with E-state index in [9.17, 15) is 4.79 Å². The maximum Gasteiger partial charge on any atom is 0.256 e. The average molecular weight is 303 g/mol. The van der Waals surface area contributed by atoms with E-state index < -0.39 is 0 Å². The van der Waals surface area contributed by atoms with Gasteiger partial charge in [-0.25, -0.2) is 0 Å². The fraction of sp³-hybridized carbons (Fsp3) is 0.188. The predicted molar refractivity (Wildman–Crippen MR) is 85.9 cm³/mol. The Bertz CT molecular complexity index is 671. The van der Waals surface area contributed by atoms with E-state index in [0.717, 1.165) is 10.5 Å². The van der Waals surface area contributed by atoms with Gasteiger partial charge in [0, 0.05) is 16.5 Å². The van der Waals surface area contributed by atoms with Crippen LogP contribution in [0.1, 0.15) is 15.9 Å². The molecule has 2 aromatic carbocycles. The highest BCUT2D eigenvalue weighted by molar-refractivity contribution is 7.80. The number of rotatable bonds is 4. The Morgan fingerprint density at radius 3 is 2.52 bits per heavy atom. The molecule has 2 aromatic rings. The van der Waals surface area contributed by atoms with Crippen molar-refractivity contribution in [3.63, 3.8) is 0 Å². The summed E-state index contributed by atoms with van der Waals surface area (Å²) in [6.07, 6.45) is 0. The standard InChI is InChI=1S/C16H17NO3S/c1-10-4-6-12(21)9-13(10)16(18)17-14-7-5-11(19-2)8-15(14)20-3/h4-9,21H,1-3H3,(H,17,18). The summed E-state index contributed by atoms with van der Waals surface area (Å²) < 4.78 is 10.4. The molecule has 0 spiro atoms. The molecule has 0 bridgehead atoms. The summed E-state index contributed by atoms with van der Waals surface area (Å²) >= 11 is 4.27. The first-order valence-electron chi connectivity index (χ1n) is 6.38. The van der Waals surface area contributed by atoms with Crippen molar-refractivity contribution in [1.29, 1.82) is 0 Å². The molecule has 0 aromatic heterocycles. The number of aryl methyl sites for hydroxylation is 1. The van der Waals surface area contributed by atoms with Crippen molar-refractivity contribution in [3.8, 4) is 11.5 Å². The molecule has 5 heteroatoms. The predicted octanol–water partition coefficient (Wildman–Crippen LogP) is 3.55. The van der Waals surface area contributed by atoms with Crippen LogP contribution in [0.5, 0.6) is 11.5 Å². The lowest BCUT2D eigenvalue weighted by molar-refractivity contribution is 0.102. The van der Waals surface area contributed by atoms with Gasteiger partial charge < -0.3 is 14.8 Å². The molecule has 2 rings (SSSR count). The molecule has 1 N–H and O–H groups in total. The third-order valence-electron chi connectivity index (χ3n) is 3.12. The van der Waals surface area contributed by atoms with Gasteiger partial charge >= 0.3 is 0 Å². The van der Waals surface area contributed by atoms with Gasteiger partial charge in [-0.05, 0) is 36.8 Å². The number of methoxy groups -OCH3 is 2. The van der Waals surface area contributed by atoms with Gasteiger partial charge in [-0.2, -0.15) is 0 Å². The minimum absolute atomic E-state index is 0.202. The molecule has 0 unspecified atom stereocenters. The smallest absolute Gasteiger partial charge is 0.256 e. The Morgan fingerprint density at radius 2 is 1.86 bits per heavy atom. The van der Waals surface area contributed by atoms with E-state index in [2.05, 4.69) is 17.9 Å². The highest BCUT2D eigenvalue weighted by Crippen LogP contribution is 2.29. The molecule has 0 radical (unpaired) electrons. The highest BCUT2D eigenvalue weighted by Gasteiger charge is 2.13. The molecule has 110 valence electrons. The number of carbonyl (C=O) groups excluding carboxylic acids is 1. The Labute approximate surface area is 129 Å². The second kappa shape index (κ2) is 6.54. The van der Waals surface area contributed by atoms with Crippen LogP contribution in [0.3, 0.4) is 0 Å². The molecule has 21 heavy (non-hydrogen) atoms. The molecular weight excluding hydrogens is 286 g/mol. The maximum atomic E-state index is 12.4. The van der Waals surface area contributed by atoms with Crippen LogP contribution >= 0.6 is 12.6 Å². The first-order valence-corrected chi connectivity index (χ1v) is 6.83. The van der Waals surface area contributed by atoms with E-state index in [-0.39, 0.29) is 5.91 Å². The third-order valence-corrected chi connectivity index (χ3v) is 3.40. The van der Waals surface area contributed by atoms with Crippen LogP contribution in [0.25, 0.3) is 0 Å². The van der Waals surface area contributed by atoms with E-state index in [1.807, 2.05) is 19.1 Å². The van der Waals surface area contributed by atoms with Gasteiger partial charge in [-0.15, -0.1) is 12.6 Å². The molecule has 0 heterocycles. The summed E-state index contributed by atoms with van der Waals surface area (Å²) in [5.41, 5.74) is 2.06. The van der Waals surface area contributed by atoms with Crippen LogP contribution in [0, 0.1) is 6.92 Å². The number of amides is 1. The van der Waals surface area contributed by atoms with Gasteiger partial charge in [0.05, 0.1) is 19.9 Å². The molecule has 0 aliphatic heterocycles. The van der Waals surface area contributed by atoms with Crippen molar-refractivity contribution in [1.82, 2.24) is 0 Å². The number of benzene rings is 2. The maximum absolute atomic E-state index is 12.4. The molecule has 0 aliphatic carbocycles. The first-order chi connectivity index (χ1) is 10.0. The molecule has 1 amide bonds. The van der Waals surface area contributed by atoms with Crippen molar-refractivity contribution in [2.45, 2.75) is 11.8 Å². The lowest BCUT2D eigenvalue weighted by Gasteiger charge is -2.12. The van der Waals surface area contributed by atoms with E-state index in [4.69, 9.17) is 9.47 Å². The van der Waals surface area contributed by atoms with Crippen LogP contribution in [-0.4, -0.2) is 20.1 Å². The first kappa shape index (κ1) is 15.3. The number of thiol groups is 1. The number of hydrogen-bond donors (Lipinski definition) is 2. The lowest BCUT2D eigenvalue weighted by atomic mass is 10.1. The summed E-state index contributed by atoms with van der Waals surface area (Å²) in [6.45, 7) is 1.88. The molecule has 0 atom stereocenters. The van der Waals surface area contributed by atoms with Gasteiger partial charge in [-0.3, -0.25) is 4.79 Å². The van der Waals surface area contributed by atoms with E-state index in [1.54, 1.807) is 38.5 Å². The van der Waals surface area contributed by atoms with Crippen LogP contribution in [0.4, 0.5) is 5.69 Å². The molecule has 0 aliphatic rings. The van der Waals surface area contributed by atoms with Gasteiger partial charge in [0.1, 0.15) is 11.5 Å². The number of ether oxygens (including phenoxy) is 2. The van der Waals surface area contributed by atoms with Crippen molar-refractivity contribution >= 4 is 24.2 Å². The van der Waals surface area contributed by atoms with Gasteiger partial charge in [-0.1, -0.05) is 6.07 Å². The molecular formula is C16H17NO3S. The Kier molecular flexibility index (Phi) is 4.75. The number of hydrogen-bond acceptors (Lipinski definition) is 4. The summed E-state index contributed by atoms with van der Waals surface area (Å²) in [6, 6.07) is 10.7. The van der Waals surface area contributed by atoms with Crippen molar-refractivity contribution < 1.29 is 14.3 Å². The summed E-state index contributed by atoms with van der Waals surface area (Å²) in [5.74, 6) is 1.01. The molecule has 0 fully saturated rings. The van der Waals surface area contributed by atoms with Crippen molar-refractivity contribution in [2.75, 3.05) is 19.5 Å². The zero-order valence-corrected chi connectivity index (χ0v) is 13.0. The third kappa shape index (κ3) is 3.49. The van der Waals surface area contributed by atoms with Crippen LogP contribution in [0.15, 0.2) is 41.3 Å². The zero-order valence-electron chi connectivity index (χ0n) is 12.1. The Morgan fingerprint density at radius 1 is 1.10 bits per heavy atom. The van der Waals surface area contributed by atoms with Gasteiger partial charge in [0.2, 0.25) is 0 Å². The van der Waals surface area contributed by atoms with Crippen LogP contribution in [-0.2, 0) is 0 Å². The van der Waals surface area contributed by atoms with Crippen LogP contribution in [0.2, 0.25) is 0 Å². The Balaban J connectivity index is 2.29. The van der Waals surface area contributed by atoms with E-state index >= 15 is 0 Å². The second-order valence-corrected chi connectivity index (χ2v) is 5.04. The summed E-state index contributed by atoms with van der Waals surface area (Å²) in [4.78, 5) is 13.1. The quantitative estimate of drug-likeness (QED) is 0.849. The minimum Gasteiger partial charge on any atom is -0.497 e. The second-order valence-electron chi connectivity index (χ2n) is 4.52. The number of anilines is 1.